The van der Waals surface area contributed by atoms with Gasteiger partial charge in [0.2, 0.25) is 5.91 Å². The zero-order valence-corrected chi connectivity index (χ0v) is 13.4. The molecule has 0 aromatic carbocycles. The summed E-state index contributed by atoms with van der Waals surface area (Å²) in [5, 5.41) is 0. The van der Waals surface area contributed by atoms with Crippen LogP contribution in [0.3, 0.4) is 0 Å². The molecule has 6 nitrogen and oxygen atoms in total. The van der Waals surface area contributed by atoms with E-state index in [4.69, 9.17) is 4.74 Å². The first-order valence-corrected chi connectivity index (χ1v) is 7.99. The maximum Gasteiger partial charge on any atom is 0.242 e. The number of carbonyl (C=O) groups excluding carboxylic acids is 1. The van der Waals surface area contributed by atoms with Crippen molar-refractivity contribution in [2.24, 2.45) is 0 Å². The molecule has 6 heteroatoms. The van der Waals surface area contributed by atoms with Crippen LogP contribution in [0.15, 0.2) is 18.5 Å². The van der Waals surface area contributed by atoms with E-state index in [1.54, 1.807) is 12.4 Å². The zero-order valence-electron chi connectivity index (χ0n) is 13.4. The molecule has 22 heavy (non-hydrogen) atoms. The van der Waals surface area contributed by atoms with Crippen molar-refractivity contribution in [2.45, 2.75) is 19.9 Å². The second-order valence-electron chi connectivity index (χ2n) is 6.12. The highest BCUT2D eigenvalue weighted by molar-refractivity contribution is 5.82. The van der Waals surface area contributed by atoms with Crippen LogP contribution in [0.1, 0.15) is 13.8 Å². The molecular weight excluding hydrogens is 280 g/mol. The topological polar surface area (TPSA) is 48.9 Å². The summed E-state index contributed by atoms with van der Waals surface area (Å²) in [5.41, 5.74) is 0.919. The minimum atomic E-state index is 0.195. The van der Waals surface area contributed by atoms with E-state index in [0.29, 0.717) is 19.2 Å². The second-order valence-corrected chi connectivity index (χ2v) is 6.12. The van der Waals surface area contributed by atoms with Gasteiger partial charge in [-0.25, -0.2) is 0 Å². The van der Waals surface area contributed by atoms with Crippen molar-refractivity contribution in [3.05, 3.63) is 18.5 Å². The van der Waals surface area contributed by atoms with Crippen LogP contribution in [0.4, 0.5) is 5.69 Å². The number of fused-ring (bicyclic) bond motifs is 1. The Kier molecular flexibility index (Phi) is 4.47. The minimum absolute atomic E-state index is 0.195. The third-order valence-corrected chi connectivity index (χ3v) is 4.44. The van der Waals surface area contributed by atoms with Crippen LogP contribution >= 0.6 is 0 Å². The minimum Gasteiger partial charge on any atom is -0.489 e. The van der Waals surface area contributed by atoms with Gasteiger partial charge in [-0.15, -0.1) is 0 Å². The fourth-order valence-electron chi connectivity index (χ4n) is 3.03. The van der Waals surface area contributed by atoms with Gasteiger partial charge in [0, 0.05) is 44.5 Å². The summed E-state index contributed by atoms with van der Waals surface area (Å²) in [5.74, 6) is 1.01. The summed E-state index contributed by atoms with van der Waals surface area (Å²) in [6.45, 7) is 9.73. The molecule has 0 bridgehead atoms. The predicted molar refractivity (Wildman–Crippen MR) is 85.2 cm³/mol. The van der Waals surface area contributed by atoms with Gasteiger partial charge in [0.05, 0.1) is 25.0 Å². The van der Waals surface area contributed by atoms with Gasteiger partial charge in [0.15, 0.2) is 0 Å². The normalized spacial score (nSPS) is 19.0. The Balaban J connectivity index is 1.59. The molecule has 1 saturated heterocycles. The Morgan fingerprint density at radius 2 is 2.05 bits per heavy atom. The maximum absolute atomic E-state index is 12.6. The lowest BCUT2D eigenvalue weighted by Crippen LogP contribution is -2.53. The van der Waals surface area contributed by atoms with Gasteiger partial charge in [-0.1, -0.05) is 0 Å². The van der Waals surface area contributed by atoms with Crippen LogP contribution < -0.4 is 9.64 Å². The van der Waals surface area contributed by atoms with Crippen molar-refractivity contribution in [1.82, 2.24) is 14.8 Å². The molecule has 0 unspecified atom stereocenters. The molecule has 2 aliphatic rings. The Hall–Kier alpha value is -1.82. The number of nitrogens with zero attached hydrogens (tertiary/aromatic N) is 4. The smallest absolute Gasteiger partial charge is 0.242 e. The molecule has 1 aromatic rings. The number of pyridine rings is 1. The van der Waals surface area contributed by atoms with Crippen LogP contribution in [0.5, 0.6) is 5.75 Å². The van der Waals surface area contributed by atoms with Crippen molar-refractivity contribution in [1.29, 1.82) is 0 Å². The third-order valence-electron chi connectivity index (χ3n) is 4.44. The summed E-state index contributed by atoms with van der Waals surface area (Å²) < 4.78 is 5.61. The van der Waals surface area contributed by atoms with Crippen LogP contribution in [0, 0.1) is 0 Å². The number of hydrogen-bond acceptors (Lipinski definition) is 5. The van der Waals surface area contributed by atoms with Gasteiger partial charge in [0.25, 0.3) is 0 Å². The molecular formula is C16H24N4O2. The summed E-state index contributed by atoms with van der Waals surface area (Å²) in [7, 11) is 0. The van der Waals surface area contributed by atoms with E-state index in [2.05, 4.69) is 28.6 Å². The largest absolute Gasteiger partial charge is 0.489 e. The highest BCUT2D eigenvalue weighted by Crippen LogP contribution is 2.29. The van der Waals surface area contributed by atoms with E-state index in [1.807, 2.05) is 11.0 Å². The van der Waals surface area contributed by atoms with Crippen molar-refractivity contribution >= 4 is 11.6 Å². The molecule has 1 amide bonds. The molecule has 3 rings (SSSR count). The number of rotatable bonds is 3. The molecule has 0 N–H and O–H groups in total. The van der Waals surface area contributed by atoms with Crippen LogP contribution in [0.2, 0.25) is 0 Å². The Labute approximate surface area is 131 Å². The summed E-state index contributed by atoms with van der Waals surface area (Å²) in [4.78, 5) is 23.2. The highest BCUT2D eigenvalue weighted by atomic mass is 16.5. The van der Waals surface area contributed by atoms with Crippen LogP contribution in [0.25, 0.3) is 0 Å². The molecule has 2 aliphatic heterocycles. The average Bonchev–Trinajstić information content (AvgIpc) is 2.55. The molecule has 1 aromatic heterocycles. The molecule has 0 radical (unpaired) electrons. The van der Waals surface area contributed by atoms with Gasteiger partial charge in [0.1, 0.15) is 12.4 Å². The maximum atomic E-state index is 12.6. The fraction of sp³-hybridized carbons (Fsp3) is 0.625. The molecule has 0 spiro atoms. The van der Waals surface area contributed by atoms with Crippen molar-refractivity contribution in [3.63, 3.8) is 0 Å². The number of aromatic nitrogens is 1. The SMILES string of the molecule is CC(C)N1CCN(C(=O)CN2CCOc3ccncc32)CC1. The lowest BCUT2D eigenvalue weighted by atomic mass is 10.2. The predicted octanol–water partition coefficient (Wildman–Crippen LogP) is 0.833. The third kappa shape index (κ3) is 3.16. The van der Waals surface area contributed by atoms with Gasteiger partial charge in [-0.2, -0.15) is 0 Å². The van der Waals surface area contributed by atoms with Gasteiger partial charge in [-0.3, -0.25) is 14.7 Å². The molecule has 120 valence electrons. The zero-order chi connectivity index (χ0) is 15.5. The number of amides is 1. The first-order chi connectivity index (χ1) is 10.6. The van der Waals surface area contributed by atoms with Crippen LogP contribution in [-0.2, 0) is 4.79 Å². The van der Waals surface area contributed by atoms with Gasteiger partial charge < -0.3 is 14.5 Å². The monoisotopic (exact) mass is 304 g/mol. The summed E-state index contributed by atoms with van der Waals surface area (Å²) in [6.07, 6.45) is 3.49. The van der Waals surface area contributed by atoms with E-state index in [9.17, 15) is 4.79 Å². The lowest BCUT2D eigenvalue weighted by Gasteiger charge is -2.38. The number of carbonyl (C=O) groups is 1. The standard InChI is InChI=1S/C16H24N4O2/c1-13(2)18-5-7-19(8-6-18)16(21)12-20-9-10-22-15-3-4-17-11-14(15)20/h3-4,11,13H,5-10,12H2,1-2H3. The Morgan fingerprint density at radius 3 is 2.77 bits per heavy atom. The Morgan fingerprint density at radius 1 is 1.27 bits per heavy atom. The molecule has 0 aliphatic carbocycles. The van der Waals surface area contributed by atoms with E-state index < -0.39 is 0 Å². The van der Waals surface area contributed by atoms with E-state index in [-0.39, 0.29) is 5.91 Å². The van der Waals surface area contributed by atoms with Crippen molar-refractivity contribution in [3.8, 4) is 5.75 Å². The number of piperazine rings is 1. The van der Waals surface area contributed by atoms with E-state index in [0.717, 1.165) is 44.2 Å². The second kappa shape index (κ2) is 6.52. The lowest BCUT2D eigenvalue weighted by molar-refractivity contribution is -0.131. The molecule has 0 atom stereocenters. The molecule has 0 saturated carbocycles. The number of hydrogen-bond donors (Lipinski definition) is 0. The first kappa shape index (κ1) is 15.1. The van der Waals surface area contributed by atoms with Gasteiger partial charge >= 0.3 is 0 Å². The van der Waals surface area contributed by atoms with Crippen LogP contribution in [-0.4, -0.2) is 72.6 Å². The van der Waals surface area contributed by atoms with Crippen molar-refractivity contribution in [2.75, 3.05) is 50.8 Å². The fourth-order valence-corrected chi connectivity index (χ4v) is 3.03. The van der Waals surface area contributed by atoms with E-state index >= 15 is 0 Å². The average molecular weight is 304 g/mol. The number of anilines is 1. The summed E-state index contributed by atoms with van der Waals surface area (Å²) >= 11 is 0. The molecule has 1 fully saturated rings. The summed E-state index contributed by atoms with van der Waals surface area (Å²) in [6, 6.07) is 2.40. The first-order valence-electron chi connectivity index (χ1n) is 7.99. The quantitative estimate of drug-likeness (QED) is 0.828. The number of ether oxygens (including phenoxy) is 1. The van der Waals surface area contributed by atoms with Crippen molar-refractivity contribution < 1.29 is 9.53 Å². The highest BCUT2D eigenvalue weighted by Gasteiger charge is 2.26. The Bertz CT molecular complexity index is 527. The van der Waals surface area contributed by atoms with Gasteiger partial charge in [-0.05, 0) is 13.8 Å². The molecule has 3 heterocycles. The van der Waals surface area contributed by atoms with E-state index in [1.165, 1.54) is 0 Å².